The molecule has 1 aromatic carbocycles. The van der Waals surface area contributed by atoms with Crippen LogP contribution in [-0.4, -0.2) is 20.0 Å². The molecule has 20 heavy (non-hydrogen) atoms. The lowest BCUT2D eigenvalue weighted by atomic mass is 9.79. The molecule has 108 valence electrons. The van der Waals surface area contributed by atoms with Crippen LogP contribution in [0, 0.1) is 5.92 Å². The summed E-state index contributed by atoms with van der Waals surface area (Å²) in [4.78, 5) is 14.1. The van der Waals surface area contributed by atoms with Crippen LogP contribution in [0.4, 0.5) is 0 Å². The average molecular weight is 339 g/mol. The van der Waals surface area contributed by atoms with E-state index in [1.807, 2.05) is 24.0 Å². The van der Waals surface area contributed by atoms with Crippen molar-refractivity contribution < 1.29 is 14.3 Å². The molecule has 1 aliphatic rings. The number of carbonyl (C=O) groups excluding carboxylic acids is 1. The summed E-state index contributed by atoms with van der Waals surface area (Å²) in [6.45, 7) is 2.03. The Kier molecular flexibility index (Phi) is 4.86. The number of methoxy groups -OCH3 is 2. The zero-order valence-corrected chi connectivity index (χ0v) is 13.6. The van der Waals surface area contributed by atoms with Gasteiger partial charge >= 0.3 is 0 Å². The molecule has 0 aliphatic heterocycles. The summed E-state index contributed by atoms with van der Waals surface area (Å²) in [5, 5.41) is 0. The van der Waals surface area contributed by atoms with Crippen molar-refractivity contribution >= 4 is 21.7 Å². The van der Waals surface area contributed by atoms with Crippen molar-refractivity contribution in [1.82, 2.24) is 0 Å². The van der Waals surface area contributed by atoms with E-state index in [2.05, 4.69) is 15.9 Å². The summed E-state index contributed by atoms with van der Waals surface area (Å²) in [6, 6.07) is 3.84. The smallest absolute Gasteiger partial charge is 0.164 e. The maximum atomic E-state index is 12.2. The van der Waals surface area contributed by atoms with E-state index in [1.54, 1.807) is 14.2 Å². The number of ketones is 1. The molecule has 0 saturated heterocycles. The lowest BCUT2D eigenvalue weighted by Gasteiger charge is -2.26. The van der Waals surface area contributed by atoms with Crippen molar-refractivity contribution in [1.29, 1.82) is 0 Å². The number of hydrogen-bond acceptors (Lipinski definition) is 3. The molecule has 0 N–H and O–H groups in total. The van der Waals surface area contributed by atoms with Crippen molar-refractivity contribution in [2.24, 2.45) is 5.92 Å². The average Bonchev–Trinajstić information content (AvgIpc) is 2.46. The van der Waals surface area contributed by atoms with Gasteiger partial charge in [0, 0.05) is 17.9 Å². The first-order valence-electron chi connectivity index (χ1n) is 6.62. The van der Waals surface area contributed by atoms with Gasteiger partial charge in [-0.05, 0) is 36.4 Å². The first-order valence-corrected chi connectivity index (χ1v) is 7.53. The molecule has 1 atom stereocenters. The first kappa shape index (κ1) is 15.1. The zero-order valence-electron chi connectivity index (χ0n) is 12.0. The minimum absolute atomic E-state index is 0.0253. The van der Waals surface area contributed by atoms with Gasteiger partial charge in [0.25, 0.3) is 0 Å². The van der Waals surface area contributed by atoms with Crippen LogP contribution in [0.15, 0.2) is 22.7 Å². The minimum Gasteiger partial charge on any atom is -0.493 e. The van der Waals surface area contributed by atoms with Crippen LogP contribution in [0.5, 0.6) is 11.5 Å². The van der Waals surface area contributed by atoms with Crippen LogP contribution in [0.2, 0.25) is 0 Å². The molecule has 0 aromatic heterocycles. The Morgan fingerprint density at radius 2 is 2.15 bits per heavy atom. The van der Waals surface area contributed by atoms with Crippen molar-refractivity contribution in [2.75, 3.05) is 14.2 Å². The number of carbonyl (C=O) groups is 1. The largest absolute Gasteiger partial charge is 0.493 e. The van der Waals surface area contributed by atoms with Crippen LogP contribution < -0.4 is 9.47 Å². The highest BCUT2D eigenvalue weighted by atomic mass is 79.9. The number of halogens is 1. The Labute approximate surface area is 128 Å². The van der Waals surface area contributed by atoms with Crippen molar-refractivity contribution in [3.8, 4) is 11.5 Å². The van der Waals surface area contributed by atoms with Gasteiger partial charge in [-0.15, -0.1) is 0 Å². The number of rotatable bonds is 4. The molecule has 0 bridgehead atoms. The monoisotopic (exact) mass is 338 g/mol. The normalized spacial score (nSPS) is 18.7. The fourth-order valence-corrected chi connectivity index (χ4v) is 2.92. The van der Waals surface area contributed by atoms with Crippen molar-refractivity contribution in [3.63, 3.8) is 0 Å². The Balaban J connectivity index is 2.36. The minimum atomic E-state index is 0.0253. The van der Waals surface area contributed by atoms with Gasteiger partial charge in [-0.1, -0.05) is 27.6 Å². The highest BCUT2D eigenvalue weighted by molar-refractivity contribution is 9.11. The predicted molar refractivity (Wildman–Crippen MR) is 82.8 cm³/mol. The maximum absolute atomic E-state index is 12.2. The van der Waals surface area contributed by atoms with Crippen LogP contribution >= 0.6 is 15.9 Å². The van der Waals surface area contributed by atoms with E-state index in [-0.39, 0.29) is 5.92 Å². The van der Waals surface area contributed by atoms with Crippen LogP contribution in [-0.2, 0) is 17.6 Å². The number of allylic oxidation sites excluding steroid dienone is 1. The first-order chi connectivity index (χ1) is 9.60. The fourth-order valence-electron chi connectivity index (χ4n) is 2.73. The summed E-state index contributed by atoms with van der Waals surface area (Å²) in [5.74, 6) is 1.82. The molecule has 0 heterocycles. The van der Waals surface area contributed by atoms with Gasteiger partial charge in [-0.3, -0.25) is 4.79 Å². The Morgan fingerprint density at radius 3 is 2.75 bits per heavy atom. The highest BCUT2D eigenvalue weighted by Crippen LogP contribution is 2.39. The standard InChI is InChI=1S/C16H19BrO3/c1-10(9-17)6-12-7-13-11(8-14(12)18)4-5-15(19-2)16(13)20-3/h4-5,9,12H,6-8H2,1-3H3/b10-9-. The summed E-state index contributed by atoms with van der Waals surface area (Å²) in [5.41, 5.74) is 3.34. The van der Waals surface area contributed by atoms with Gasteiger partial charge in [-0.25, -0.2) is 0 Å². The van der Waals surface area contributed by atoms with Gasteiger partial charge in [0.1, 0.15) is 5.78 Å². The molecule has 0 fully saturated rings. The van der Waals surface area contributed by atoms with E-state index in [1.165, 1.54) is 5.57 Å². The molecule has 0 amide bonds. The topological polar surface area (TPSA) is 35.5 Å². The number of benzene rings is 1. The fraction of sp³-hybridized carbons (Fsp3) is 0.438. The van der Waals surface area contributed by atoms with Crippen molar-refractivity contribution in [2.45, 2.75) is 26.2 Å². The lowest BCUT2D eigenvalue weighted by Crippen LogP contribution is -2.26. The maximum Gasteiger partial charge on any atom is 0.164 e. The van der Waals surface area contributed by atoms with Gasteiger partial charge in [-0.2, -0.15) is 0 Å². The molecule has 1 unspecified atom stereocenters. The molecular weight excluding hydrogens is 320 g/mol. The van der Waals surface area contributed by atoms with E-state index in [0.29, 0.717) is 18.6 Å². The third-order valence-electron chi connectivity index (χ3n) is 3.77. The van der Waals surface area contributed by atoms with Crippen LogP contribution in [0.1, 0.15) is 24.5 Å². The summed E-state index contributed by atoms with van der Waals surface area (Å²) in [7, 11) is 3.28. The molecular formula is C16H19BrO3. The summed E-state index contributed by atoms with van der Waals surface area (Å²) in [6.07, 6.45) is 1.98. The number of hydrogen-bond donors (Lipinski definition) is 0. The Bertz CT molecular complexity index is 549. The van der Waals surface area contributed by atoms with Crippen LogP contribution in [0.3, 0.4) is 0 Å². The summed E-state index contributed by atoms with van der Waals surface area (Å²) < 4.78 is 10.8. The second-order valence-electron chi connectivity index (χ2n) is 5.14. The number of fused-ring (bicyclic) bond motifs is 1. The van der Waals surface area contributed by atoms with Crippen LogP contribution in [0.25, 0.3) is 0 Å². The molecule has 1 aromatic rings. The molecule has 0 saturated carbocycles. The lowest BCUT2D eigenvalue weighted by molar-refractivity contribution is -0.122. The zero-order chi connectivity index (χ0) is 14.7. The molecule has 0 radical (unpaired) electrons. The third-order valence-corrected chi connectivity index (χ3v) is 4.55. The Hall–Kier alpha value is -1.29. The second-order valence-corrected chi connectivity index (χ2v) is 5.60. The predicted octanol–water partition coefficient (Wildman–Crippen LogP) is 3.68. The SMILES string of the molecule is COc1ccc2c(c1OC)CC(C/C(C)=C\Br)C(=O)C2. The van der Waals surface area contributed by atoms with E-state index in [9.17, 15) is 4.79 Å². The Morgan fingerprint density at radius 1 is 1.40 bits per heavy atom. The highest BCUT2D eigenvalue weighted by Gasteiger charge is 2.29. The van der Waals surface area contributed by atoms with Gasteiger partial charge < -0.3 is 9.47 Å². The molecule has 3 nitrogen and oxygen atoms in total. The number of ether oxygens (including phenoxy) is 2. The molecule has 0 spiro atoms. The molecule has 2 rings (SSSR count). The summed E-state index contributed by atoms with van der Waals surface area (Å²) >= 11 is 3.33. The van der Waals surface area contributed by atoms with E-state index >= 15 is 0 Å². The van der Waals surface area contributed by atoms with Crippen molar-refractivity contribution in [3.05, 3.63) is 33.8 Å². The van der Waals surface area contributed by atoms with Gasteiger partial charge in [0.05, 0.1) is 14.2 Å². The van der Waals surface area contributed by atoms with E-state index < -0.39 is 0 Å². The van der Waals surface area contributed by atoms with Gasteiger partial charge in [0.15, 0.2) is 11.5 Å². The number of Topliss-reactive ketones (excluding diaryl/α,β-unsaturated/α-hetero) is 1. The van der Waals surface area contributed by atoms with Gasteiger partial charge in [0.2, 0.25) is 0 Å². The third kappa shape index (κ3) is 2.90. The van der Waals surface area contributed by atoms with E-state index in [4.69, 9.17) is 9.47 Å². The molecule has 4 heteroatoms. The van der Waals surface area contributed by atoms with E-state index in [0.717, 1.165) is 29.0 Å². The second kappa shape index (κ2) is 6.44. The quantitative estimate of drug-likeness (QED) is 0.840. The molecule has 1 aliphatic carbocycles.